The number of amides is 3. The Hall–Kier alpha value is -3.87. The Morgan fingerprint density at radius 2 is 1.47 bits per heavy atom. The quantitative estimate of drug-likeness (QED) is 0.427. The molecule has 3 fully saturated rings. The minimum atomic E-state index is -4.39. The van der Waals surface area contributed by atoms with Gasteiger partial charge in [0.25, 0.3) is 5.91 Å². The zero-order valence-electron chi connectivity index (χ0n) is 23.7. The first-order chi connectivity index (χ1) is 20.8. The molecule has 0 N–H and O–H groups in total. The minimum Gasteiger partial charge on any atom is -0.368 e. The number of pyridine rings is 1. The highest BCUT2D eigenvalue weighted by molar-refractivity contribution is 7.09. The molecule has 0 saturated carbocycles. The van der Waals surface area contributed by atoms with Crippen molar-refractivity contribution in [1.82, 2.24) is 24.7 Å². The number of aromatic nitrogens is 2. The Bertz CT molecular complexity index is 1410. The van der Waals surface area contributed by atoms with Gasteiger partial charge < -0.3 is 24.5 Å². The van der Waals surface area contributed by atoms with Crippen LogP contribution in [0.25, 0.3) is 0 Å². The van der Waals surface area contributed by atoms with Gasteiger partial charge in [0.1, 0.15) is 11.5 Å². The molecule has 2 aromatic heterocycles. The molecule has 228 valence electrons. The third-order valence-electron chi connectivity index (χ3n) is 8.48. The summed E-state index contributed by atoms with van der Waals surface area (Å²) >= 11 is 1.48. The number of urea groups is 1. The van der Waals surface area contributed by atoms with Crippen LogP contribution in [-0.4, -0.2) is 102 Å². The van der Waals surface area contributed by atoms with Gasteiger partial charge in [0.05, 0.1) is 10.6 Å². The highest BCUT2D eigenvalue weighted by Crippen LogP contribution is 2.33. The maximum Gasteiger partial charge on any atom is 0.416 e. The maximum atomic E-state index is 13.2. The summed E-state index contributed by atoms with van der Waals surface area (Å²) < 4.78 is 39.4. The smallest absolute Gasteiger partial charge is 0.368 e. The van der Waals surface area contributed by atoms with Gasteiger partial charge >= 0.3 is 12.2 Å². The third kappa shape index (κ3) is 6.56. The van der Waals surface area contributed by atoms with Crippen LogP contribution in [-0.2, 0) is 6.18 Å². The fraction of sp³-hybridized carbons (Fsp3) is 0.467. The second-order valence-corrected chi connectivity index (χ2v) is 12.0. The van der Waals surface area contributed by atoms with Crippen LogP contribution in [0.2, 0.25) is 0 Å². The van der Waals surface area contributed by atoms with Crippen molar-refractivity contribution in [2.24, 2.45) is 0 Å². The lowest BCUT2D eigenvalue weighted by molar-refractivity contribution is -0.137. The predicted octanol–water partition coefficient (Wildman–Crippen LogP) is 4.64. The Balaban J connectivity index is 0.970. The number of nitrogens with zero attached hydrogens (tertiary/aromatic N) is 7. The van der Waals surface area contributed by atoms with Crippen molar-refractivity contribution in [3.05, 3.63) is 70.3 Å². The Morgan fingerprint density at radius 3 is 2.14 bits per heavy atom. The van der Waals surface area contributed by atoms with E-state index in [-0.39, 0.29) is 17.9 Å². The van der Waals surface area contributed by atoms with Gasteiger partial charge in [-0.3, -0.25) is 4.79 Å². The first kappa shape index (κ1) is 29.2. The molecule has 3 aliphatic rings. The predicted molar refractivity (Wildman–Crippen MR) is 159 cm³/mol. The molecule has 0 atom stereocenters. The van der Waals surface area contributed by atoms with Crippen molar-refractivity contribution in [3.8, 4) is 0 Å². The number of rotatable bonds is 4. The summed E-state index contributed by atoms with van der Waals surface area (Å²) in [5, 5.41) is 2.72. The molecule has 3 aromatic rings. The number of alkyl halides is 3. The van der Waals surface area contributed by atoms with Crippen molar-refractivity contribution in [1.29, 1.82) is 0 Å². The van der Waals surface area contributed by atoms with Gasteiger partial charge in [-0.15, -0.1) is 11.3 Å². The Kier molecular flexibility index (Phi) is 8.42. The number of piperidine rings is 1. The monoisotopic (exact) mass is 613 g/mol. The maximum absolute atomic E-state index is 13.2. The fourth-order valence-electron chi connectivity index (χ4n) is 5.97. The van der Waals surface area contributed by atoms with Gasteiger partial charge in [-0.25, -0.2) is 14.8 Å². The van der Waals surface area contributed by atoms with Gasteiger partial charge in [0.2, 0.25) is 0 Å². The summed E-state index contributed by atoms with van der Waals surface area (Å²) in [7, 11) is 0. The number of hydrogen-bond acceptors (Lipinski definition) is 7. The molecule has 3 saturated heterocycles. The molecular weight excluding hydrogens is 579 g/mol. The van der Waals surface area contributed by atoms with E-state index in [1.54, 1.807) is 22.5 Å². The molecule has 43 heavy (non-hydrogen) atoms. The van der Waals surface area contributed by atoms with Crippen LogP contribution >= 0.6 is 11.3 Å². The van der Waals surface area contributed by atoms with Crippen LogP contribution in [0.5, 0.6) is 0 Å². The zero-order valence-corrected chi connectivity index (χ0v) is 24.6. The van der Waals surface area contributed by atoms with Gasteiger partial charge in [0.15, 0.2) is 0 Å². The normalized spacial score (nSPS) is 18.7. The number of halogens is 3. The molecule has 5 heterocycles. The third-order valence-corrected chi connectivity index (χ3v) is 9.49. The summed E-state index contributed by atoms with van der Waals surface area (Å²) in [6.45, 7) is 5.91. The highest BCUT2D eigenvalue weighted by atomic mass is 32.1. The van der Waals surface area contributed by atoms with E-state index in [9.17, 15) is 22.8 Å². The molecule has 0 bridgehead atoms. The standard InChI is InChI=1S/C30H34F3N7O2S/c31-30(32,33)23-4-3-5-24(20-23)36-12-16-38(17-13-36)28(41)25-21-43-27(35-25)22-7-10-39(11-8-22)29(42)40-18-14-37(15-19-40)26-6-1-2-9-34-26/h1-6,9,20-22H,7-8,10-19H2. The van der Waals surface area contributed by atoms with Gasteiger partial charge in [-0.2, -0.15) is 13.2 Å². The van der Waals surface area contributed by atoms with Crippen LogP contribution in [0, 0.1) is 0 Å². The molecule has 13 heteroatoms. The molecule has 9 nitrogen and oxygen atoms in total. The number of hydrogen-bond donors (Lipinski definition) is 0. The molecule has 0 aliphatic carbocycles. The molecule has 1 aromatic carbocycles. The van der Waals surface area contributed by atoms with Crippen LogP contribution < -0.4 is 9.80 Å². The lowest BCUT2D eigenvalue weighted by atomic mass is 9.98. The number of likely N-dealkylation sites (tertiary alicyclic amines) is 1. The average molecular weight is 614 g/mol. The topological polar surface area (TPSA) is 76.1 Å². The van der Waals surface area contributed by atoms with E-state index in [2.05, 4.69) is 14.9 Å². The second-order valence-electron chi connectivity index (χ2n) is 11.1. The number of benzene rings is 1. The van der Waals surface area contributed by atoms with Crippen molar-refractivity contribution in [3.63, 3.8) is 0 Å². The van der Waals surface area contributed by atoms with E-state index >= 15 is 0 Å². The number of anilines is 2. The molecule has 3 amide bonds. The molecule has 0 radical (unpaired) electrons. The van der Waals surface area contributed by atoms with Gasteiger partial charge in [0, 0.05) is 88.6 Å². The molecule has 0 spiro atoms. The van der Waals surface area contributed by atoms with Crippen molar-refractivity contribution >= 4 is 34.8 Å². The fourth-order valence-corrected chi connectivity index (χ4v) is 6.93. The zero-order chi connectivity index (χ0) is 30.0. The lowest BCUT2D eigenvalue weighted by Gasteiger charge is -2.39. The van der Waals surface area contributed by atoms with E-state index in [4.69, 9.17) is 0 Å². The number of carbonyl (C=O) groups excluding carboxylic acids is 2. The summed E-state index contributed by atoms with van der Waals surface area (Å²) in [5.41, 5.74) is 0.249. The first-order valence-corrected chi connectivity index (χ1v) is 15.5. The van der Waals surface area contributed by atoms with E-state index in [0.29, 0.717) is 63.7 Å². The summed E-state index contributed by atoms with van der Waals surface area (Å²) in [6.07, 6.45) is -1.00. The van der Waals surface area contributed by atoms with Crippen molar-refractivity contribution in [2.75, 3.05) is 75.2 Å². The van der Waals surface area contributed by atoms with E-state index in [1.165, 1.54) is 17.4 Å². The van der Waals surface area contributed by atoms with Crippen LogP contribution in [0.1, 0.15) is 39.8 Å². The van der Waals surface area contributed by atoms with E-state index in [1.807, 2.05) is 32.9 Å². The van der Waals surface area contributed by atoms with Crippen molar-refractivity contribution < 1.29 is 22.8 Å². The summed E-state index contributed by atoms with van der Waals surface area (Å²) in [5.74, 6) is 0.993. The number of piperazine rings is 2. The highest BCUT2D eigenvalue weighted by Gasteiger charge is 2.33. The average Bonchev–Trinajstić information content (AvgIpc) is 3.55. The molecular formula is C30H34F3N7O2S. The second kappa shape index (κ2) is 12.4. The SMILES string of the molecule is O=C(c1csc(C2CCN(C(=O)N3CCN(c4ccccn4)CC3)CC2)n1)N1CCN(c2cccc(C(F)(F)F)c2)CC1. The molecule has 3 aliphatic heterocycles. The summed E-state index contributed by atoms with van der Waals surface area (Å²) in [6, 6.07) is 11.3. The largest absolute Gasteiger partial charge is 0.416 e. The van der Waals surface area contributed by atoms with Gasteiger partial charge in [-0.1, -0.05) is 12.1 Å². The lowest BCUT2D eigenvalue weighted by Crippen LogP contribution is -2.54. The van der Waals surface area contributed by atoms with Crippen LogP contribution in [0.15, 0.2) is 54.0 Å². The van der Waals surface area contributed by atoms with Crippen molar-refractivity contribution in [2.45, 2.75) is 24.9 Å². The minimum absolute atomic E-state index is 0.0819. The number of thiazole rings is 1. The first-order valence-electron chi connectivity index (χ1n) is 14.6. The Labute approximate surface area is 252 Å². The van der Waals surface area contributed by atoms with Crippen LogP contribution in [0.3, 0.4) is 0 Å². The van der Waals surface area contributed by atoms with Gasteiger partial charge in [-0.05, 0) is 43.2 Å². The Morgan fingerprint density at radius 1 is 0.791 bits per heavy atom. The van der Waals surface area contributed by atoms with E-state index < -0.39 is 11.7 Å². The molecule has 0 unspecified atom stereocenters. The van der Waals surface area contributed by atoms with E-state index in [0.717, 1.165) is 48.9 Å². The molecule has 6 rings (SSSR count). The number of carbonyl (C=O) groups is 2. The van der Waals surface area contributed by atoms with Crippen LogP contribution in [0.4, 0.5) is 29.5 Å². The summed E-state index contributed by atoms with van der Waals surface area (Å²) in [4.78, 5) is 45.1.